The van der Waals surface area contributed by atoms with Gasteiger partial charge in [-0.25, -0.2) is 21.2 Å². The number of ether oxygens (including phenoxy) is 3. The highest BCUT2D eigenvalue weighted by atomic mass is 32.2. The van der Waals surface area contributed by atoms with Crippen LogP contribution in [0.5, 0.6) is 11.5 Å². The lowest BCUT2D eigenvalue weighted by atomic mass is 10.0. The van der Waals surface area contributed by atoms with Crippen molar-refractivity contribution in [2.75, 3.05) is 45.2 Å². The van der Waals surface area contributed by atoms with Gasteiger partial charge in [-0.1, -0.05) is 6.92 Å². The fourth-order valence-corrected chi connectivity index (χ4v) is 7.79. The van der Waals surface area contributed by atoms with E-state index >= 15 is 0 Å². The normalized spacial score (nSPS) is 20.4. The predicted octanol–water partition coefficient (Wildman–Crippen LogP) is 4.75. The zero-order valence-corrected chi connectivity index (χ0v) is 30.5. The number of hydrogen-bond acceptors (Lipinski definition) is 9. The lowest BCUT2D eigenvalue weighted by molar-refractivity contribution is -0.00834. The smallest absolute Gasteiger partial charge is 0.261 e. The SMILES string of the molecule is COc1ccc(S(=O)(=O)N(C)C[C@H]2OCCCC[C@@H](C)Oc3ccc(NS(=O)(=O)c4ccc(F)cc4)cc3C(=O)N([C@@H](C)CO)C[C@H]2C)cc1. The second-order valence-corrected chi connectivity index (χ2v) is 16.3. The summed E-state index contributed by atoms with van der Waals surface area (Å²) in [6, 6.07) is 14.1. The summed E-state index contributed by atoms with van der Waals surface area (Å²) >= 11 is 0. The minimum atomic E-state index is -4.13. The van der Waals surface area contributed by atoms with Crippen molar-refractivity contribution in [3.05, 3.63) is 78.1 Å². The van der Waals surface area contributed by atoms with Gasteiger partial charge in [-0.2, -0.15) is 4.31 Å². The molecule has 0 aliphatic carbocycles. The van der Waals surface area contributed by atoms with E-state index in [1.165, 1.54) is 53.7 Å². The Morgan fingerprint density at radius 2 is 1.68 bits per heavy atom. The summed E-state index contributed by atoms with van der Waals surface area (Å²) in [6.07, 6.45) is 1.09. The van der Waals surface area contributed by atoms with Gasteiger partial charge in [0.05, 0.1) is 47.3 Å². The Kier molecular flexibility index (Phi) is 13.2. The molecule has 2 N–H and O–H groups in total. The molecule has 0 saturated carbocycles. The fourth-order valence-electron chi connectivity index (χ4n) is 5.56. The highest BCUT2D eigenvalue weighted by Gasteiger charge is 2.32. The molecule has 4 rings (SSSR count). The molecule has 12 nitrogen and oxygen atoms in total. The monoisotopic (exact) mass is 735 g/mol. The van der Waals surface area contributed by atoms with E-state index < -0.39 is 49.8 Å². The van der Waals surface area contributed by atoms with Gasteiger partial charge in [-0.3, -0.25) is 9.52 Å². The van der Waals surface area contributed by atoms with E-state index in [-0.39, 0.29) is 52.6 Å². The lowest BCUT2D eigenvalue weighted by Gasteiger charge is -2.35. The molecule has 0 radical (unpaired) electrons. The Morgan fingerprint density at radius 3 is 2.32 bits per heavy atom. The number of amides is 1. The molecule has 0 fully saturated rings. The summed E-state index contributed by atoms with van der Waals surface area (Å²) in [5.74, 6) is -0.759. The molecule has 0 spiro atoms. The Morgan fingerprint density at radius 1 is 1.02 bits per heavy atom. The molecule has 0 unspecified atom stereocenters. The molecule has 1 aliphatic rings. The van der Waals surface area contributed by atoms with E-state index in [0.29, 0.717) is 25.2 Å². The molecule has 1 amide bonds. The van der Waals surface area contributed by atoms with Crippen LogP contribution in [-0.2, 0) is 24.8 Å². The fraction of sp³-hybridized carbons (Fsp3) is 0.457. The maximum Gasteiger partial charge on any atom is 0.261 e. The van der Waals surface area contributed by atoms with Crippen molar-refractivity contribution in [1.82, 2.24) is 9.21 Å². The molecule has 15 heteroatoms. The number of anilines is 1. The van der Waals surface area contributed by atoms with E-state index in [2.05, 4.69) is 4.72 Å². The molecular weight excluding hydrogens is 690 g/mol. The molecule has 0 aromatic heterocycles. The quantitative estimate of drug-likeness (QED) is 0.301. The summed E-state index contributed by atoms with van der Waals surface area (Å²) in [6.45, 7) is 5.44. The number of methoxy groups -OCH3 is 1. The molecular formula is C35H46FN3O9S2. The van der Waals surface area contributed by atoms with Gasteiger partial charge < -0.3 is 24.2 Å². The number of rotatable bonds is 10. The van der Waals surface area contributed by atoms with Gasteiger partial charge in [0.25, 0.3) is 15.9 Å². The van der Waals surface area contributed by atoms with Crippen LogP contribution < -0.4 is 14.2 Å². The highest BCUT2D eigenvalue weighted by molar-refractivity contribution is 7.92. The minimum absolute atomic E-state index is 0.00349. The highest BCUT2D eigenvalue weighted by Crippen LogP contribution is 2.30. The maximum atomic E-state index is 14.4. The molecule has 4 atom stereocenters. The van der Waals surface area contributed by atoms with E-state index in [4.69, 9.17) is 14.2 Å². The van der Waals surface area contributed by atoms with Crippen molar-refractivity contribution in [1.29, 1.82) is 0 Å². The number of hydrogen-bond donors (Lipinski definition) is 2. The van der Waals surface area contributed by atoms with Gasteiger partial charge in [0.1, 0.15) is 17.3 Å². The number of sulfonamides is 2. The van der Waals surface area contributed by atoms with Crippen LogP contribution in [0.3, 0.4) is 0 Å². The number of halogens is 1. The first kappa shape index (κ1) is 39.0. The van der Waals surface area contributed by atoms with Gasteiger partial charge in [-0.05, 0) is 99.8 Å². The number of fused-ring (bicyclic) bond motifs is 1. The maximum absolute atomic E-state index is 14.4. The molecule has 50 heavy (non-hydrogen) atoms. The third-order valence-corrected chi connectivity index (χ3v) is 11.9. The molecule has 0 saturated heterocycles. The lowest BCUT2D eigenvalue weighted by Crippen LogP contribution is -2.48. The second-order valence-electron chi connectivity index (χ2n) is 12.5. The van der Waals surface area contributed by atoms with Crippen molar-refractivity contribution in [3.63, 3.8) is 0 Å². The first-order valence-corrected chi connectivity index (χ1v) is 19.3. The average molecular weight is 736 g/mol. The molecule has 1 aliphatic heterocycles. The summed E-state index contributed by atoms with van der Waals surface area (Å²) in [7, 11) is -5.05. The van der Waals surface area contributed by atoms with Crippen LogP contribution in [0.15, 0.2) is 76.5 Å². The number of likely N-dealkylation sites (N-methyl/N-ethyl adjacent to an activating group) is 1. The van der Waals surface area contributed by atoms with E-state index in [9.17, 15) is 31.1 Å². The standard InChI is InChI=1S/C35H46FN3O9S2/c1-24-21-39(25(2)23-40)35(41)32-20-28(37-49(42,43)30-14-9-27(36)10-15-30)11-18-33(32)48-26(3)8-6-7-19-47-34(24)22-38(4)50(44,45)31-16-12-29(46-5)13-17-31/h9-18,20,24-26,34,37,40H,6-8,19,21-23H2,1-5H3/t24-,25+,26-,34-/m1/s1. The third kappa shape index (κ3) is 9.72. The van der Waals surface area contributed by atoms with E-state index in [1.54, 1.807) is 19.1 Å². The van der Waals surface area contributed by atoms with Crippen molar-refractivity contribution < 1.29 is 45.3 Å². The van der Waals surface area contributed by atoms with Crippen molar-refractivity contribution in [2.24, 2.45) is 5.92 Å². The minimum Gasteiger partial charge on any atom is -0.497 e. The van der Waals surface area contributed by atoms with Gasteiger partial charge in [0, 0.05) is 38.3 Å². The van der Waals surface area contributed by atoms with E-state index in [1.807, 2.05) is 13.8 Å². The van der Waals surface area contributed by atoms with Crippen molar-refractivity contribution in [2.45, 2.75) is 68.1 Å². The van der Waals surface area contributed by atoms with Crippen LogP contribution in [0, 0.1) is 11.7 Å². The molecule has 3 aromatic rings. The summed E-state index contributed by atoms with van der Waals surface area (Å²) < 4.78 is 88.0. The second kappa shape index (κ2) is 17.0. The molecule has 274 valence electrons. The number of nitrogens with zero attached hydrogens (tertiary/aromatic N) is 2. The van der Waals surface area contributed by atoms with Crippen LogP contribution in [0.1, 0.15) is 50.4 Å². The van der Waals surface area contributed by atoms with Crippen LogP contribution in [-0.4, -0.2) is 95.8 Å². The van der Waals surface area contributed by atoms with Crippen LogP contribution in [0.4, 0.5) is 10.1 Å². The van der Waals surface area contributed by atoms with Gasteiger partial charge in [0.2, 0.25) is 10.0 Å². The van der Waals surface area contributed by atoms with Crippen molar-refractivity contribution >= 4 is 31.6 Å². The number of carbonyl (C=O) groups excluding carboxylic acids is 1. The van der Waals surface area contributed by atoms with Gasteiger partial charge in [-0.15, -0.1) is 0 Å². The number of aliphatic hydroxyl groups is 1. The van der Waals surface area contributed by atoms with Gasteiger partial charge >= 0.3 is 0 Å². The topological polar surface area (TPSA) is 152 Å². The Balaban J connectivity index is 1.66. The zero-order chi connectivity index (χ0) is 36.6. The summed E-state index contributed by atoms with van der Waals surface area (Å²) in [5.41, 5.74) is 0.146. The number of aliphatic hydroxyl groups excluding tert-OH is 1. The molecule has 3 aromatic carbocycles. The van der Waals surface area contributed by atoms with Crippen LogP contribution in [0.25, 0.3) is 0 Å². The third-order valence-electron chi connectivity index (χ3n) is 8.63. The molecule has 0 bridgehead atoms. The van der Waals surface area contributed by atoms with E-state index in [0.717, 1.165) is 30.7 Å². The molecule has 1 heterocycles. The number of carbonyl (C=O) groups is 1. The van der Waals surface area contributed by atoms with Gasteiger partial charge in [0.15, 0.2) is 0 Å². The first-order chi connectivity index (χ1) is 23.7. The summed E-state index contributed by atoms with van der Waals surface area (Å²) in [5, 5.41) is 10.2. The largest absolute Gasteiger partial charge is 0.497 e. The number of benzene rings is 3. The predicted molar refractivity (Wildman–Crippen MR) is 187 cm³/mol. The average Bonchev–Trinajstić information content (AvgIpc) is 3.09. The van der Waals surface area contributed by atoms with Crippen LogP contribution in [0.2, 0.25) is 0 Å². The number of nitrogens with one attached hydrogen (secondary N) is 1. The Bertz CT molecular complexity index is 1810. The Hall–Kier alpha value is -3.76. The van der Waals surface area contributed by atoms with Crippen molar-refractivity contribution in [3.8, 4) is 11.5 Å². The Labute approximate surface area is 294 Å². The first-order valence-electron chi connectivity index (χ1n) is 16.4. The van der Waals surface area contributed by atoms with Crippen LogP contribution >= 0.6 is 0 Å². The summed E-state index contributed by atoms with van der Waals surface area (Å²) in [4.78, 5) is 15.8. The zero-order valence-electron chi connectivity index (χ0n) is 28.9.